The van der Waals surface area contributed by atoms with E-state index in [1.807, 2.05) is 12.1 Å². The molecule has 0 saturated carbocycles. The average molecular weight is 560 g/mol. The number of nitrogens with zero attached hydrogens (tertiary/aromatic N) is 1. The van der Waals surface area contributed by atoms with Crippen molar-refractivity contribution in [2.75, 3.05) is 5.32 Å². The number of benzene rings is 2. The van der Waals surface area contributed by atoms with Crippen LogP contribution in [0.5, 0.6) is 5.75 Å². The van der Waals surface area contributed by atoms with Crippen molar-refractivity contribution in [3.8, 4) is 16.9 Å². The van der Waals surface area contributed by atoms with Crippen molar-refractivity contribution < 1.29 is 27.5 Å². The maximum atomic E-state index is 13.7. The van der Waals surface area contributed by atoms with Gasteiger partial charge in [0.1, 0.15) is 33.5 Å². The number of carbonyl (C=O) groups is 2. The summed E-state index contributed by atoms with van der Waals surface area (Å²) in [6, 6.07) is 19.2. The van der Waals surface area contributed by atoms with E-state index in [1.165, 1.54) is 23.3 Å². The van der Waals surface area contributed by atoms with Gasteiger partial charge in [-0.3, -0.25) is 9.59 Å². The highest BCUT2D eigenvalue weighted by atomic mass is 32.1. The molecule has 202 valence electrons. The molecule has 40 heavy (non-hydrogen) atoms. The number of nitrogens with one attached hydrogen (secondary N) is 1. The number of fused-ring (bicyclic) bond motifs is 2. The van der Waals surface area contributed by atoms with E-state index in [1.54, 1.807) is 36.4 Å². The summed E-state index contributed by atoms with van der Waals surface area (Å²) in [5, 5.41) is 3.06. The number of hydrogen-bond donors (Lipinski definition) is 2. The van der Waals surface area contributed by atoms with Crippen LogP contribution in [0.15, 0.2) is 71.1 Å². The fraction of sp³-hybridized carbons (Fsp3) is 0.167. The highest BCUT2D eigenvalue weighted by Crippen LogP contribution is 2.42. The third-order valence-corrected chi connectivity index (χ3v) is 7.89. The van der Waals surface area contributed by atoms with E-state index in [-0.39, 0.29) is 27.8 Å². The molecule has 0 radical (unpaired) electrons. The molecule has 7 nitrogen and oxygen atoms in total. The van der Waals surface area contributed by atoms with Gasteiger partial charge < -0.3 is 20.2 Å². The first-order valence-corrected chi connectivity index (χ1v) is 13.4. The second-order valence-corrected chi connectivity index (χ2v) is 10.4. The van der Waals surface area contributed by atoms with E-state index in [2.05, 4.69) is 16.4 Å². The molecule has 6 rings (SSSR count). The number of rotatable bonds is 8. The number of amides is 2. The number of alkyl halides is 2. The van der Waals surface area contributed by atoms with Gasteiger partial charge in [0.2, 0.25) is 0 Å². The molecule has 1 aliphatic rings. The summed E-state index contributed by atoms with van der Waals surface area (Å²) in [5.41, 5.74) is 8.91. The number of pyridine rings is 1. The van der Waals surface area contributed by atoms with Crippen LogP contribution >= 0.6 is 11.3 Å². The fourth-order valence-electron chi connectivity index (χ4n) is 4.91. The number of furan rings is 1. The van der Waals surface area contributed by atoms with Crippen LogP contribution in [0.4, 0.5) is 14.5 Å². The first kappa shape index (κ1) is 25.7. The monoisotopic (exact) mass is 559 g/mol. The number of primary amides is 1. The van der Waals surface area contributed by atoms with Crippen molar-refractivity contribution in [1.82, 2.24) is 4.98 Å². The summed E-state index contributed by atoms with van der Waals surface area (Å²) < 4.78 is 38.9. The molecule has 0 bridgehead atoms. The number of aryl methyl sites for hydroxylation is 2. The standard InChI is InChI=1S/C30H23F2N3O4S/c31-27(32)22-14-21(17-5-2-1-3-6-17)24-25(26(28(33)36)40-30(24)34-22)35-29(37)23-12-11-20(39-23)15-38-19-10-9-16-7-4-8-18(16)13-19/h1-3,5-6,9-14,27H,4,7-8,15H2,(H2,33,36)(H,35,37). The lowest BCUT2D eigenvalue weighted by atomic mass is 10.0. The number of anilines is 1. The minimum Gasteiger partial charge on any atom is -0.486 e. The Kier molecular flexibility index (Phi) is 6.77. The number of ether oxygens (including phenoxy) is 1. The number of nitrogens with two attached hydrogens (primary N) is 1. The minimum atomic E-state index is -2.83. The Morgan fingerprint density at radius 3 is 2.62 bits per heavy atom. The lowest BCUT2D eigenvalue weighted by molar-refractivity contribution is 0.0992. The first-order valence-electron chi connectivity index (χ1n) is 12.6. The zero-order chi connectivity index (χ0) is 27.8. The molecule has 3 aromatic heterocycles. The molecule has 3 N–H and O–H groups in total. The highest BCUT2D eigenvalue weighted by Gasteiger charge is 2.26. The van der Waals surface area contributed by atoms with Gasteiger partial charge >= 0.3 is 0 Å². The second kappa shape index (κ2) is 10.5. The molecule has 2 aromatic carbocycles. The Morgan fingerprint density at radius 2 is 1.85 bits per heavy atom. The topological polar surface area (TPSA) is 107 Å². The first-order chi connectivity index (χ1) is 19.4. The van der Waals surface area contributed by atoms with Crippen molar-refractivity contribution in [3.63, 3.8) is 0 Å². The van der Waals surface area contributed by atoms with E-state index < -0.39 is 23.9 Å². The fourth-order valence-corrected chi connectivity index (χ4v) is 5.93. The van der Waals surface area contributed by atoms with Crippen molar-refractivity contribution in [3.05, 3.63) is 99.9 Å². The zero-order valence-electron chi connectivity index (χ0n) is 21.1. The summed E-state index contributed by atoms with van der Waals surface area (Å²) in [5.74, 6) is -0.311. The Bertz CT molecular complexity index is 1750. The number of carbonyl (C=O) groups excluding carboxylic acids is 2. The van der Waals surface area contributed by atoms with Gasteiger partial charge in [-0.25, -0.2) is 13.8 Å². The van der Waals surface area contributed by atoms with Crippen LogP contribution in [-0.4, -0.2) is 16.8 Å². The molecule has 0 saturated heterocycles. The molecule has 0 fully saturated rings. The normalized spacial score (nSPS) is 12.6. The van der Waals surface area contributed by atoms with Gasteiger partial charge in [-0.2, -0.15) is 0 Å². The molecule has 0 unspecified atom stereocenters. The SMILES string of the molecule is NC(=O)c1sc2nc(C(F)F)cc(-c3ccccc3)c2c1NC(=O)c1ccc(COc2ccc3c(c2)CCC3)o1. The quantitative estimate of drug-likeness (QED) is 0.215. The molecule has 0 spiro atoms. The largest absolute Gasteiger partial charge is 0.486 e. The van der Waals surface area contributed by atoms with Crippen molar-refractivity contribution in [2.45, 2.75) is 32.3 Å². The third-order valence-electron chi connectivity index (χ3n) is 6.79. The van der Waals surface area contributed by atoms with E-state index >= 15 is 0 Å². The van der Waals surface area contributed by atoms with Crippen LogP contribution in [-0.2, 0) is 19.4 Å². The summed E-state index contributed by atoms with van der Waals surface area (Å²) in [6.45, 7) is 0.123. The van der Waals surface area contributed by atoms with Crippen LogP contribution in [0.1, 0.15) is 55.7 Å². The number of halogens is 2. The third kappa shape index (κ3) is 4.93. The minimum absolute atomic E-state index is 0.00818. The molecule has 3 heterocycles. The van der Waals surface area contributed by atoms with Gasteiger partial charge in [0.15, 0.2) is 5.76 Å². The highest BCUT2D eigenvalue weighted by molar-refractivity contribution is 7.21. The van der Waals surface area contributed by atoms with Gasteiger partial charge in [-0.05, 0) is 71.8 Å². The maximum absolute atomic E-state index is 13.7. The van der Waals surface area contributed by atoms with Gasteiger partial charge in [0, 0.05) is 5.39 Å². The Morgan fingerprint density at radius 1 is 1.05 bits per heavy atom. The second-order valence-electron chi connectivity index (χ2n) is 9.40. The van der Waals surface area contributed by atoms with Crippen molar-refractivity contribution in [2.24, 2.45) is 5.73 Å². The Hall–Kier alpha value is -4.57. The average Bonchev–Trinajstić information content (AvgIpc) is 3.70. The van der Waals surface area contributed by atoms with E-state index in [4.69, 9.17) is 14.9 Å². The van der Waals surface area contributed by atoms with Crippen LogP contribution in [0.2, 0.25) is 0 Å². The smallest absolute Gasteiger partial charge is 0.291 e. The van der Waals surface area contributed by atoms with Crippen LogP contribution < -0.4 is 15.8 Å². The van der Waals surface area contributed by atoms with Gasteiger partial charge in [0.05, 0.1) is 5.69 Å². The predicted molar refractivity (Wildman–Crippen MR) is 148 cm³/mol. The van der Waals surface area contributed by atoms with Crippen molar-refractivity contribution >= 4 is 39.1 Å². The summed E-state index contributed by atoms with van der Waals surface area (Å²) in [6.07, 6.45) is 0.430. The lowest BCUT2D eigenvalue weighted by Gasteiger charge is -2.10. The number of hydrogen-bond acceptors (Lipinski definition) is 6. The molecule has 0 aliphatic heterocycles. The maximum Gasteiger partial charge on any atom is 0.291 e. The Labute approximate surface area is 231 Å². The van der Waals surface area contributed by atoms with Gasteiger partial charge in [-0.1, -0.05) is 36.4 Å². The lowest BCUT2D eigenvalue weighted by Crippen LogP contribution is -2.16. The number of aromatic nitrogens is 1. The summed E-state index contributed by atoms with van der Waals surface area (Å²) >= 11 is 0.845. The summed E-state index contributed by atoms with van der Waals surface area (Å²) in [4.78, 5) is 29.8. The van der Waals surface area contributed by atoms with Crippen LogP contribution in [0.3, 0.4) is 0 Å². The van der Waals surface area contributed by atoms with Gasteiger partial charge in [-0.15, -0.1) is 11.3 Å². The van der Waals surface area contributed by atoms with Crippen molar-refractivity contribution in [1.29, 1.82) is 0 Å². The molecule has 5 aromatic rings. The van der Waals surface area contributed by atoms with Crippen LogP contribution in [0.25, 0.3) is 21.3 Å². The van der Waals surface area contributed by atoms with E-state index in [0.29, 0.717) is 22.3 Å². The predicted octanol–water partition coefficient (Wildman–Crippen LogP) is 6.91. The molecule has 0 atom stereocenters. The molecular weight excluding hydrogens is 536 g/mol. The molecule has 2 amide bonds. The van der Waals surface area contributed by atoms with E-state index in [9.17, 15) is 18.4 Å². The van der Waals surface area contributed by atoms with Gasteiger partial charge in [0.25, 0.3) is 18.2 Å². The Balaban J connectivity index is 1.30. The van der Waals surface area contributed by atoms with Crippen LogP contribution in [0, 0.1) is 0 Å². The van der Waals surface area contributed by atoms with E-state index in [0.717, 1.165) is 36.3 Å². The summed E-state index contributed by atoms with van der Waals surface area (Å²) in [7, 11) is 0. The molecule has 1 aliphatic carbocycles. The zero-order valence-corrected chi connectivity index (χ0v) is 21.9. The molecular formula is C30H23F2N3O4S. The number of thiophene rings is 1. The molecule has 10 heteroatoms.